The van der Waals surface area contributed by atoms with Crippen LogP contribution >= 0.6 is 0 Å². The third-order valence-corrected chi connectivity index (χ3v) is 3.34. The van der Waals surface area contributed by atoms with Crippen molar-refractivity contribution >= 4 is 5.91 Å². The van der Waals surface area contributed by atoms with Crippen LogP contribution in [0, 0.1) is 0 Å². The zero-order valence-corrected chi connectivity index (χ0v) is 11.5. The second-order valence-corrected chi connectivity index (χ2v) is 5.71. The fourth-order valence-electron chi connectivity index (χ4n) is 2.49. The molecule has 4 heteroatoms. The standard InChI is InChI=1S/C15H21NO3/c1-15(2)10-12(6-7-19-15)16-14(18)9-11-4-3-5-13(17)8-11/h3-5,8,12,17H,6-7,9-10H2,1-2H3,(H,16,18). The molecule has 1 heterocycles. The van der Waals surface area contributed by atoms with Crippen molar-refractivity contribution in [1.82, 2.24) is 5.32 Å². The molecule has 0 bridgehead atoms. The molecule has 0 aliphatic carbocycles. The van der Waals surface area contributed by atoms with Gasteiger partial charge in [-0.05, 0) is 44.4 Å². The monoisotopic (exact) mass is 263 g/mol. The van der Waals surface area contributed by atoms with E-state index in [2.05, 4.69) is 5.32 Å². The number of ether oxygens (including phenoxy) is 1. The van der Waals surface area contributed by atoms with Crippen molar-refractivity contribution in [2.75, 3.05) is 6.61 Å². The van der Waals surface area contributed by atoms with Gasteiger partial charge in [0, 0.05) is 12.6 Å². The van der Waals surface area contributed by atoms with Gasteiger partial charge >= 0.3 is 0 Å². The van der Waals surface area contributed by atoms with Crippen molar-refractivity contribution in [3.8, 4) is 5.75 Å². The minimum atomic E-state index is -0.165. The smallest absolute Gasteiger partial charge is 0.224 e. The molecule has 4 nitrogen and oxygen atoms in total. The van der Waals surface area contributed by atoms with E-state index in [-0.39, 0.29) is 23.3 Å². The number of aromatic hydroxyl groups is 1. The highest BCUT2D eigenvalue weighted by molar-refractivity contribution is 5.79. The van der Waals surface area contributed by atoms with Crippen LogP contribution in [0.2, 0.25) is 0 Å². The Kier molecular flexibility index (Phi) is 4.10. The molecule has 0 spiro atoms. The van der Waals surface area contributed by atoms with E-state index in [0.29, 0.717) is 13.0 Å². The first-order valence-corrected chi connectivity index (χ1v) is 6.66. The van der Waals surface area contributed by atoms with Crippen molar-refractivity contribution in [2.45, 2.75) is 44.8 Å². The predicted molar refractivity (Wildman–Crippen MR) is 73.0 cm³/mol. The van der Waals surface area contributed by atoms with Crippen molar-refractivity contribution in [1.29, 1.82) is 0 Å². The highest BCUT2D eigenvalue weighted by Gasteiger charge is 2.29. The predicted octanol–water partition coefficient (Wildman–Crippen LogP) is 2.01. The number of benzene rings is 1. The summed E-state index contributed by atoms with van der Waals surface area (Å²) in [6.07, 6.45) is 1.99. The minimum Gasteiger partial charge on any atom is -0.508 e. The van der Waals surface area contributed by atoms with Gasteiger partial charge in [0.2, 0.25) is 5.91 Å². The summed E-state index contributed by atoms with van der Waals surface area (Å²) in [7, 11) is 0. The number of phenols is 1. The summed E-state index contributed by atoms with van der Waals surface area (Å²) in [5.41, 5.74) is 0.658. The van der Waals surface area contributed by atoms with E-state index in [4.69, 9.17) is 4.74 Å². The second kappa shape index (κ2) is 5.61. The summed E-state index contributed by atoms with van der Waals surface area (Å²) in [6.45, 7) is 4.77. The van der Waals surface area contributed by atoms with Gasteiger partial charge in [0.05, 0.1) is 12.0 Å². The average Bonchev–Trinajstić information content (AvgIpc) is 2.27. The SMILES string of the molecule is CC1(C)CC(NC(=O)Cc2cccc(O)c2)CCO1. The minimum absolute atomic E-state index is 0.00620. The lowest BCUT2D eigenvalue weighted by Crippen LogP contribution is -2.46. The van der Waals surface area contributed by atoms with Crippen molar-refractivity contribution in [3.05, 3.63) is 29.8 Å². The third-order valence-electron chi connectivity index (χ3n) is 3.34. The van der Waals surface area contributed by atoms with Crippen LogP contribution < -0.4 is 5.32 Å². The number of amides is 1. The molecule has 1 atom stereocenters. The molecule has 2 rings (SSSR count). The van der Waals surface area contributed by atoms with Crippen LogP contribution in [-0.4, -0.2) is 29.3 Å². The fourth-order valence-corrected chi connectivity index (χ4v) is 2.49. The van der Waals surface area contributed by atoms with Gasteiger partial charge in [0.1, 0.15) is 5.75 Å². The largest absolute Gasteiger partial charge is 0.508 e. The van der Waals surface area contributed by atoms with E-state index in [0.717, 1.165) is 18.4 Å². The van der Waals surface area contributed by atoms with E-state index in [1.807, 2.05) is 19.9 Å². The Labute approximate surface area is 113 Å². The van der Waals surface area contributed by atoms with Gasteiger partial charge in [0.25, 0.3) is 0 Å². The average molecular weight is 263 g/mol. The molecule has 0 radical (unpaired) electrons. The van der Waals surface area contributed by atoms with Crippen molar-refractivity contribution in [3.63, 3.8) is 0 Å². The van der Waals surface area contributed by atoms with Crippen LogP contribution in [0.4, 0.5) is 0 Å². The molecule has 1 aliphatic heterocycles. The molecule has 1 unspecified atom stereocenters. The summed E-state index contributed by atoms with van der Waals surface area (Å²) >= 11 is 0. The number of carbonyl (C=O) groups is 1. The maximum atomic E-state index is 12.0. The molecule has 1 aromatic rings. The Morgan fingerprint density at radius 2 is 2.32 bits per heavy atom. The van der Waals surface area contributed by atoms with Crippen LogP contribution in [0.1, 0.15) is 32.3 Å². The summed E-state index contributed by atoms with van der Waals surface area (Å²) in [5, 5.41) is 12.4. The van der Waals surface area contributed by atoms with Gasteiger partial charge in [-0.15, -0.1) is 0 Å². The Morgan fingerprint density at radius 3 is 3.00 bits per heavy atom. The fraction of sp³-hybridized carbons (Fsp3) is 0.533. The van der Waals surface area contributed by atoms with E-state index in [1.165, 1.54) is 0 Å². The number of hydrogen-bond acceptors (Lipinski definition) is 3. The van der Waals surface area contributed by atoms with Gasteiger partial charge in [-0.3, -0.25) is 4.79 Å². The molecular weight excluding hydrogens is 242 g/mol. The lowest BCUT2D eigenvalue weighted by atomic mass is 9.94. The van der Waals surface area contributed by atoms with E-state index in [9.17, 15) is 9.90 Å². The first kappa shape index (κ1) is 13.9. The molecule has 0 aromatic heterocycles. The summed E-state index contributed by atoms with van der Waals surface area (Å²) in [6, 6.07) is 6.98. The molecule has 1 fully saturated rings. The van der Waals surface area contributed by atoms with Gasteiger partial charge in [-0.1, -0.05) is 12.1 Å². The molecule has 19 heavy (non-hydrogen) atoms. The summed E-state index contributed by atoms with van der Waals surface area (Å²) in [5.74, 6) is 0.186. The zero-order chi connectivity index (χ0) is 13.9. The normalized spacial score (nSPS) is 21.9. The van der Waals surface area contributed by atoms with E-state index < -0.39 is 0 Å². The Morgan fingerprint density at radius 1 is 1.53 bits per heavy atom. The molecule has 1 aliphatic rings. The topological polar surface area (TPSA) is 58.6 Å². The Bertz CT molecular complexity index is 456. The van der Waals surface area contributed by atoms with Crippen LogP contribution in [0.3, 0.4) is 0 Å². The van der Waals surface area contributed by atoms with Crippen molar-refractivity contribution in [2.24, 2.45) is 0 Å². The second-order valence-electron chi connectivity index (χ2n) is 5.71. The number of rotatable bonds is 3. The summed E-state index contributed by atoms with van der Waals surface area (Å²) in [4.78, 5) is 12.0. The van der Waals surface area contributed by atoms with Crippen LogP contribution in [0.5, 0.6) is 5.75 Å². The first-order chi connectivity index (χ1) is 8.94. The quantitative estimate of drug-likeness (QED) is 0.877. The third kappa shape index (κ3) is 4.24. The molecule has 1 saturated heterocycles. The van der Waals surface area contributed by atoms with Gasteiger partial charge < -0.3 is 15.2 Å². The zero-order valence-electron chi connectivity index (χ0n) is 11.5. The first-order valence-electron chi connectivity index (χ1n) is 6.66. The van der Waals surface area contributed by atoms with Crippen LogP contribution in [0.25, 0.3) is 0 Å². The number of phenolic OH excluding ortho intramolecular Hbond substituents is 1. The Balaban J connectivity index is 1.87. The summed E-state index contributed by atoms with van der Waals surface area (Å²) < 4.78 is 5.63. The molecule has 1 amide bonds. The highest BCUT2D eigenvalue weighted by Crippen LogP contribution is 2.24. The van der Waals surface area contributed by atoms with Crippen molar-refractivity contribution < 1.29 is 14.6 Å². The maximum Gasteiger partial charge on any atom is 0.224 e. The van der Waals surface area contributed by atoms with Gasteiger partial charge in [-0.2, -0.15) is 0 Å². The molecule has 0 saturated carbocycles. The molecule has 104 valence electrons. The molecule has 1 aromatic carbocycles. The lowest BCUT2D eigenvalue weighted by Gasteiger charge is -2.35. The van der Waals surface area contributed by atoms with E-state index >= 15 is 0 Å². The van der Waals surface area contributed by atoms with E-state index in [1.54, 1.807) is 18.2 Å². The van der Waals surface area contributed by atoms with Gasteiger partial charge in [-0.25, -0.2) is 0 Å². The van der Waals surface area contributed by atoms with Crippen LogP contribution in [0.15, 0.2) is 24.3 Å². The molecular formula is C15H21NO3. The maximum absolute atomic E-state index is 12.0. The lowest BCUT2D eigenvalue weighted by molar-refractivity contribution is -0.123. The highest BCUT2D eigenvalue weighted by atomic mass is 16.5. The number of hydrogen-bond donors (Lipinski definition) is 2. The van der Waals surface area contributed by atoms with Crippen LogP contribution in [-0.2, 0) is 16.0 Å². The number of carbonyl (C=O) groups excluding carboxylic acids is 1. The number of nitrogens with one attached hydrogen (secondary N) is 1. The Hall–Kier alpha value is -1.55. The van der Waals surface area contributed by atoms with Gasteiger partial charge in [0.15, 0.2) is 0 Å². The molecule has 2 N–H and O–H groups in total.